The van der Waals surface area contributed by atoms with Crippen LogP contribution in [0.5, 0.6) is 0 Å². The quantitative estimate of drug-likeness (QED) is 0.331. The molecule has 0 atom stereocenters. The van der Waals surface area contributed by atoms with Crippen molar-refractivity contribution in [2.75, 3.05) is 0 Å². The maximum absolute atomic E-state index is 8.35. The van der Waals surface area contributed by atoms with Crippen molar-refractivity contribution in [3.8, 4) is 0 Å². The second kappa shape index (κ2) is 26.3. The summed E-state index contributed by atoms with van der Waals surface area (Å²) in [6.07, 6.45) is 0. The molecule has 0 unspecified atom stereocenters. The van der Waals surface area contributed by atoms with Crippen LogP contribution >= 0.6 is 17.4 Å². The summed E-state index contributed by atoms with van der Waals surface area (Å²) in [7, 11) is -2.17. The van der Waals surface area contributed by atoms with Crippen molar-refractivity contribution >= 4 is 55.1 Å². The van der Waals surface area contributed by atoms with Crippen LogP contribution in [0.25, 0.3) is 0 Å². The molecular formula is CaO4P2. The summed E-state index contributed by atoms with van der Waals surface area (Å²) in [6.45, 7) is 0. The van der Waals surface area contributed by atoms with Crippen LogP contribution in [0.1, 0.15) is 0 Å². The summed E-state index contributed by atoms with van der Waals surface area (Å²) in [5, 5.41) is 0. The third-order valence-corrected chi connectivity index (χ3v) is 0. The van der Waals surface area contributed by atoms with E-state index in [-0.39, 0.29) is 37.7 Å². The van der Waals surface area contributed by atoms with Crippen LogP contribution in [0, 0.1) is 0 Å². The van der Waals surface area contributed by atoms with E-state index in [1.165, 1.54) is 0 Å². The van der Waals surface area contributed by atoms with Gasteiger partial charge in [-0.15, -0.1) is 0 Å². The van der Waals surface area contributed by atoms with Crippen LogP contribution in [0.15, 0.2) is 0 Å². The number of hydrogen-bond donors (Lipinski definition) is 0. The van der Waals surface area contributed by atoms with E-state index >= 15 is 0 Å². The van der Waals surface area contributed by atoms with Crippen molar-refractivity contribution in [1.29, 1.82) is 0 Å². The Labute approximate surface area is 73.5 Å². The average Bonchev–Trinajstić information content (AvgIpc) is 1.39. The van der Waals surface area contributed by atoms with Crippen LogP contribution < -0.4 is 9.79 Å². The molecule has 0 aromatic rings. The van der Waals surface area contributed by atoms with Crippen LogP contribution in [0.2, 0.25) is 0 Å². The SMILES string of the molecule is O=P[O-].O=P[O-].[Ca+2]. The topological polar surface area (TPSA) is 80.3 Å². The second-order valence-electron chi connectivity index (χ2n) is 0.149. The summed E-state index contributed by atoms with van der Waals surface area (Å²) in [5.74, 6) is 0. The van der Waals surface area contributed by atoms with E-state index in [2.05, 4.69) is 0 Å². The zero-order valence-corrected chi connectivity index (χ0v) is 7.23. The van der Waals surface area contributed by atoms with Gasteiger partial charge < -0.3 is 9.79 Å². The van der Waals surface area contributed by atoms with Crippen LogP contribution in [-0.4, -0.2) is 37.7 Å². The molecule has 0 N–H and O–H groups in total. The molecule has 4 nitrogen and oxygen atoms in total. The average molecular weight is 166 g/mol. The zero-order chi connectivity index (χ0) is 5.41. The molecule has 0 radical (unpaired) electrons. The molecule has 0 saturated heterocycles. The van der Waals surface area contributed by atoms with Gasteiger partial charge in [0, 0.05) is 0 Å². The van der Waals surface area contributed by atoms with Gasteiger partial charge >= 0.3 is 37.7 Å². The second-order valence-corrected chi connectivity index (χ2v) is 0.447. The zero-order valence-electron chi connectivity index (χ0n) is 3.23. The minimum Gasteiger partial charge on any atom is -0.772 e. The Bertz CT molecular complexity index is 30.7. The first kappa shape index (κ1) is 15.8. The van der Waals surface area contributed by atoms with Gasteiger partial charge in [-0.05, 0) is 0 Å². The van der Waals surface area contributed by atoms with Gasteiger partial charge in [0.1, 0.15) is 0 Å². The molecule has 0 aliphatic rings. The molecule has 0 amide bonds. The standard InChI is InChI=1S/Ca.2HO2P/c;2*1-3-2/h;2*(H,1,2)/q+2;;/p-2. The van der Waals surface area contributed by atoms with Gasteiger partial charge in [-0.3, -0.25) is 9.13 Å². The minimum atomic E-state index is -1.08. The smallest absolute Gasteiger partial charge is 0.772 e. The molecule has 0 bridgehead atoms. The Kier molecular flexibility index (Phi) is 59.2. The molecule has 0 aromatic heterocycles. The maximum Gasteiger partial charge on any atom is 2.00 e. The monoisotopic (exact) mass is 166 g/mol. The molecule has 0 heterocycles. The van der Waals surface area contributed by atoms with E-state index < -0.39 is 17.4 Å². The molecule has 0 rings (SSSR count). The molecule has 0 fully saturated rings. The van der Waals surface area contributed by atoms with Gasteiger partial charge in [0.2, 0.25) is 0 Å². The van der Waals surface area contributed by atoms with Crippen molar-refractivity contribution in [2.24, 2.45) is 0 Å². The first-order chi connectivity index (χ1) is 2.83. The van der Waals surface area contributed by atoms with Gasteiger partial charge in [0.15, 0.2) is 0 Å². The Morgan fingerprint density at radius 2 is 1.00 bits per heavy atom. The largest absolute Gasteiger partial charge is 2.00 e. The minimum absolute atomic E-state index is 0. The summed E-state index contributed by atoms with van der Waals surface area (Å²) >= 11 is 0. The first-order valence-corrected chi connectivity index (χ1v) is 2.19. The van der Waals surface area contributed by atoms with Gasteiger partial charge in [0.05, 0.1) is 17.4 Å². The summed E-state index contributed by atoms with van der Waals surface area (Å²) in [5.41, 5.74) is 0. The van der Waals surface area contributed by atoms with Crippen molar-refractivity contribution in [2.45, 2.75) is 0 Å². The predicted molar refractivity (Wildman–Crippen MR) is 21.0 cm³/mol. The third-order valence-electron chi connectivity index (χ3n) is 0. The normalized spacial score (nSPS) is 6.00. The maximum atomic E-state index is 8.35. The van der Waals surface area contributed by atoms with Crippen molar-refractivity contribution in [1.82, 2.24) is 0 Å². The van der Waals surface area contributed by atoms with Gasteiger partial charge in [-0.2, -0.15) is 0 Å². The molecule has 7 heteroatoms. The van der Waals surface area contributed by atoms with E-state index in [0.29, 0.717) is 0 Å². The molecule has 7 heavy (non-hydrogen) atoms. The van der Waals surface area contributed by atoms with E-state index in [9.17, 15) is 0 Å². The Balaban J connectivity index is -0.0000000400. The summed E-state index contributed by atoms with van der Waals surface area (Å²) in [6, 6.07) is 0. The first-order valence-electron chi connectivity index (χ1n) is 0.730. The molecule has 0 spiro atoms. The molecule has 0 aromatic carbocycles. The molecule has 36 valence electrons. The molecule has 0 aliphatic carbocycles. The molecular weight excluding hydrogens is 166 g/mol. The summed E-state index contributed by atoms with van der Waals surface area (Å²) < 4.78 is 16.7. The Morgan fingerprint density at radius 3 is 1.00 bits per heavy atom. The van der Waals surface area contributed by atoms with E-state index in [1.54, 1.807) is 0 Å². The number of rotatable bonds is 0. The van der Waals surface area contributed by atoms with Gasteiger partial charge in [0.25, 0.3) is 0 Å². The van der Waals surface area contributed by atoms with Crippen molar-refractivity contribution in [3.63, 3.8) is 0 Å². The van der Waals surface area contributed by atoms with Crippen LogP contribution in [0.4, 0.5) is 0 Å². The van der Waals surface area contributed by atoms with Crippen LogP contribution in [0.3, 0.4) is 0 Å². The fourth-order valence-corrected chi connectivity index (χ4v) is 0. The molecule has 0 saturated carbocycles. The van der Waals surface area contributed by atoms with E-state index in [1.807, 2.05) is 0 Å². The van der Waals surface area contributed by atoms with Gasteiger partial charge in [-0.25, -0.2) is 0 Å². The fraction of sp³-hybridized carbons (Fsp3) is 0. The molecule has 0 aliphatic heterocycles. The summed E-state index contributed by atoms with van der Waals surface area (Å²) in [4.78, 5) is 16.7. The Hall–Kier alpha value is 1.38. The fourth-order valence-electron chi connectivity index (χ4n) is 0. The number of hydrogen-bond acceptors (Lipinski definition) is 4. The van der Waals surface area contributed by atoms with Crippen molar-refractivity contribution in [3.05, 3.63) is 0 Å². The Morgan fingerprint density at radius 1 is 1.00 bits per heavy atom. The predicted octanol–water partition coefficient (Wildman–Crippen LogP) is -1.27. The van der Waals surface area contributed by atoms with Crippen molar-refractivity contribution < 1.29 is 18.9 Å². The van der Waals surface area contributed by atoms with Gasteiger partial charge in [-0.1, -0.05) is 0 Å². The van der Waals surface area contributed by atoms with E-state index in [0.717, 1.165) is 0 Å². The van der Waals surface area contributed by atoms with Crippen LogP contribution in [-0.2, 0) is 9.13 Å². The third kappa shape index (κ3) is 112. The van der Waals surface area contributed by atoms with E-state index in [4.69, 9.17) is 18.9 Å².